The second kappa shape index (κ2) is 14.4. The number of benzene rings is 3. The highest BCUT2D eigenvalue weighted by molar-refractivity contribution is 5.68. The molecular weight excluding hydrogens is 520 g/mol. The van der Waals surface area contributed by atoms with Gasteiger partial charge in [0.05, 0.1) is 32.0 Å². The molecule has 0 radical (unpaired) electrons. The van der Waals surface area contributed by atoms with E-state index < -0.39 is 12.4 Å². The summed E-state index contributed by atoms with van der Waals surface area (Å²) >= 11 is 0. The maximum atomic E-state index is 11.8. The maximum absolute atomic E-state index is 11.8. The van der Waals surface area contributed by atoms with E-state index in [2.05, 4.69) is 35.0 Å². The van der Waals surface area contributed by atoms with Gasteiger partial charge in [-0.1, -0.05) is 73.3 Å². The third-order valence-corrected chi connectivity index (χ3v) is 7.37. The number of hydrogen-bond acceptors (Lipinski definition) is 7. The summed E-state index contributed by atoms with van der Waals surface area (Å²) in [5, 5.41) is 12.2. The minimum atomic E-state index is -0.526. The fourth-order valence-electron chi connectivity index (χ4n) is 5.19. The van der Waals surface area contributed by atoms with Gasteiger partial charge in [-0.3, -0.25) is 4.90 Å². The van der Waals surface area contributed by atoms with Gasteiger partial charge in [-0.05, 0) is 39.9 Å². The summed E-state index contributed by atoms with van der Waals surface area (Å²) in [6.45, 7) is 8.20. The van der Waals surface area contributed by atoms with Crippen molar-refractivity contribution < 1.29 is 28.8 Å². The molecule has 3 atom stereocenters. The Hall–Kier alpha value is -3.53. The van der Waals surface area contributed by atoms with Crippen LogP contribution in [0, 0.1) is 0 Å². The first-order valence-electron chi connectivity index (χ1n) is 14.1. The molecule has 2 N–H and O–H groups in total. The number of carbonyl (C=O) groups excluding carboxylic acids is 1. The Balaban J connectivity index is 1.33. The minimum absolute atomic E-state index is 0.00623. The van der Waals surface area contributed by atoms with Crippen molar-refractivity contribution in [2.75, 3.05) is 39.5 Å². The van der Waals surface area contributed by atoms with Crippen LogP contribution in [-0.4, -0.2) is 61.7 Å². The van der Waals surface area contributed by atoms with Crippen LogP contribution in [0.3, 0.4) is 0 Å². The molecule has 2 aliphatic rings. The fraction of sp³-hybridized carbons (Fsp3) is 0.364. The lowest BCUT2D eigenvalue weighted by Crippen LogP contribution is -2.44. The Morgan fingerprint density at radius 3 is 2.49 bits per heavy atom. The molecular formula is C33H38N2O6. The van der Waals surface area contributed by atoms with E-state index >= 15 is 0 Å². The number of nitrogens with zero attached hydrogens (tertiary/aromatic N) is 1. The lowest BCUT2D eigenvalue weighted by atomic mass is 9.98. The summed E-state index contributed by atoms with van der Waals surface area (Å²) in [5.41, 5.74) is 5.92. The van der Waals surface area contributed by atoms with E-state index in [9.17, 15) is 9.90 Å². The van der Waals surface area contributed by atoms with Gasteiger partial charge in [0.2, 0.25) is 0 Å². The van der Waals surface area contributed by atoms with Crippen molar-refractivity contribution in [3.05, 3.63) is 108 Å². The molecule has 1 amide bonds. The van der Waals surface area contributed by atoms with Crippen molar-refractivity contribution >= 4 is 6.09 Å². The molecule has 0 bridgehead atoms. The number of amides is 1. The number of morpholine rings is 1. The second-order valence-corrected chi connectivity index (χ2v) is 10.3. The van der Waals surface area contributed by atoms with Crippen LogP contribution in [0.2, 0.25) is 0 Å². The largest absolute Gasteiger partial charge is 0.445 e. The number of alkyl carbamates (subject to hydrolysis) is 1. The molecule has 8 heteroatoms. The van der Waals surface area contributed by atoms with Crippen molar-refractivity contribution in [1.82, 2.24) is 10.2 Å². The Morgan fingerprint density at radius 2 is 1.73 bits per heavy atom. The van der Waals surface area contributed by atoms with Crippen LogP contribution in [0.5, 0.6) is 0 Å². The Labute approximate surface area is 241 Å². The SMILES string of the molecule is C=CCOC(=O)NCc1cccc(-c2cccc([C@@H]3O[C@H](CN4CCOCC4)C[C@H](c4ccc(CO)cc4)O3)c2)c1. The fourth-order valence-corrected chi connectivity index (χ4v) is 5.19. The van der Waals surface area contributed by atoms with Crippen LogP contribution in [0.15, 0.2) is 85.5 Å². The molecule has 2 heterocycles. The first-order valence-corrected chi connectivity index (χ1v) is 14.1. The molecule has 8 nitrogen and oxygen atoms in total. The normalized spacial score (nSPS) is 21.2. The zero-order valence-corrected chi connectivity index (χ0v) is 23.2. The van der Waals surface area contributed by atoms with Gasteiger partial charge in [-0.25, -0.2) is 4.79 Å². The molecule has 3 aromatic rings. The monoisotopic (exact) mass is 558 g/mol. The molecule has 0 unspecified atom stereocenters. The molecule has 216 valence electrons. The van der Waals surface area contributed by atoms with E-state index in [1.807, 2.05) is 54.6 Å². The molecule has 2 fully saturated rings. The predicted molar refractivity (Wildman–Crippen MR) is 156 cm³/mol. The van der Waals surface area contributed by atoms with Gasteiger partial charge in [0.25, 0.3) is 0 Å². The molecule has 0 saturated carbocycles. The van der Waals surface area contributed by atoms with Crippen LogP contribution in [0.4, 0.5) is 4.79 Å². The minimum Gasteiger partial charge on any atom is -0.445 e. The molecule has 5 rings (SSSR count). The van der Waals surface area contributed by atoms with Crippen molar-refractivity contribution in [2.24, 2.45) is 0 Å². The first kappa shape index (κ1) is 29.0. The number of rotatable bonds is 10. The third-order valence-electron chi connectivity index (χ3n) is 7.37. The van der Waals surface area contributed by atoms with Crippen molar-refractivity contribution in [3.63, 3.8) is 0 Å². The number of nitrogens with one attached hydrogen (secondary N) is 1. The average molecular weight is 559 g/mol. The van der Waals surface area contributed by atoms with E-state index in [4.69, 9.17) is 18.9 Å². The number of hydrogen-bond donors (Lipinski definition) is 2. The molecule has 0 aliphatic carbocycles. The topological polar surface area (TPSA) is 89.5 Å². The highest BCUT2D eigenvalue weighted by atomic mass is 16.7. The average Bonchev–Trinajstić information content (AvgIpc) is 3.03. The quantitative estimate of drug-likeness (QED) is 0.333. The van der Waals surface area contributed by atoms with Crippen LogP contribution in [-0.2, 0) is 32.1 Å². The number of aliphatic hydroxyl groups is 1. The van der Waals surface area contributed by atoms with Gasteiger partial charge < -0.3 is 29.4 Å². The van der Waals surface area contributed by atoms with E-state index in [0.29, 0.717) is 6.54 Å². The van der Waals surface area contributed by atoms with Gasteiger partial charge in [-0.2, -0.15) is 0 Å². The lowest BCUT2D eigenvalue weighted by molar-refractivity contribution is -0.253. The van der Waals surface area contributed by atoms with E-state index in [-0.39, 0.29) is 25.4 Å². The summed E-state index contributed by atoms with van der Waals surface area (Å²) in [5.74, 6) is 0. The first-order chi connectivity index (χ1) is 20.1. The summed E-state index contributed by atoms with van der Waals surface area (Å²) in [6.07, 6.45) is 1.14. The lowest BCUT2D eigenvalue weighted by Gasteiger charge is -2.39. The standard InChI is InChI=1S/C33H38N2O6/c1-2-15-39-33(37)34-21-25-5-3-6-27(18-25)28-7-4-8-29(19-28)32-40-30(22-35-13-16-38-17-14-35)20-31(41-32)26-11-9-24(23-36)10-12-26/h2-12,18-19,30-32,36H,1,13-17,20-23H2,(H,34,37)/t30-,31+,32+/m0/s1. The van der Waals surface area contributed by atoms with Gasteiger partial charge in [0.1, 0.15) is 6.61 Å². The maximum Gasteiger partial charge on any atom is 0.407 e. The summed E-state index contributed by atoms with van der Waals surface area (Å²) in [6, 6.07) is 24.3. The smallest absolute Gasteiger partial charge is 0.407 e. The highest BCUT2D eigenvalue weighted by Crippen LogP contribution is 2.39. The summed E-state index contributed by atoms with van der Waals surface area (Å²) in [7, 11) is 0. The van der Waals surface area contributed by atoms with Crippen LogP contribution in [0.25, 0.3) is 11.1 Å². The molecule has 0 aromatic heterocycles. The Kier molecular flexibility index (Phi) is 10.2. The van der Waals surface area contributed by atoms with E-state index in [0.717, 1.165) is 72.6 Å². The van der Waals surface area contributed by atoms with Crippen molar-refractivity contribution in [1.29, 1.82) is 0 Å². The molecule has 2 aliphatic heterocycles. The van der Waals surface area contributed by atoms with Crippen LogP contribution in [0.1, 0.15) is 41.1 Å². The summed E-state index contributed by atoms with van der Waals surface area (Å²) in [4.78, 5) is 14.2. The van der Waals surface area contributed by atoms with Gasteiger partial charge in [0.15, 0.2) is 6.29 Å². The number of aliphatic hydroxyl groups excluding tert-OH is 1. The Bertz CT molecular complexity index is 1290. The molecule has 3 aromatic carbocycles. The molecule has 41 heavy (non-hydrogen) atoms. The van der Waals surface area contributed by atoms with Crippen LogP contribution < -0.4 is 5.32 Å². The number of carbonyl (C=O) groups is 1. The number of ether oxygens (including phenoxy) is 4. The van der Waals surface area contributed by atoms with Crippen molar-refractivity contribution in [3.8, 4) is 11.1 Å². The van der Waals surface area contributed by atoms with Crippen molar-refractivity contribution in [2.45, 2.75) is 38.1 Å². The van der Waals surface area contributed by atoms with Gasteiger partial charge >= 0.3 is 6.09 Å². The highest BCUT2D eigenvalue weighted by Gasteiger charge is 2.33. The van der Waals surface area contributed by atoms with E-state index in [1.165, 1.54) is 6.08 Å². The molecule has 2 saturated heterocycles. The van der Waals surface area contributed by atoms with Gasteiger partial charge in [0, 0.05) is 38.2 Å². The van der Waals surface area contributed by atoms with Gasteiger partial charge in [-0.15, -0.1) is 0 Å². The second-order valence-electron chi connectivity index (χ2n) is 10.3. The zero-order valence-electron chi connectivity index (χ0n) is 23.2. The summed E-state index contributed by atoms with van der Waals surface area (Å²) < 4.78 is 23.7. The Morgan fingerprint density at radius 1 is 0.976 bits per heavy atom. The zero-order chi connectivity index (χ0) is 28.4. The third kappa shape index (κ3) is 8.03. The predicted octanol–water partition coefficient (Wildman–Crippen LogP) is 5.14. The van der Waals surface area contributed by atoms with E-state index in [1.54, 1.807) is 0 Å². The molecule has 0 spiro atoms. The van der Waals surface area contributed by atoms with Crippen LogP contribution >= 0.6 is 0 Å².